The summed E-state index contributed by atoms with van der Waals surface area (Å²) < 4.78 is 7.32. The van der Waals surface area contributed by atoms with E-state index < -0.39 is 0 Å². The molecular formula is C6H10N2OS. The highest BCUT2D eigenvalue weighted by molar-refractivity contribution is 7.96. The average molecular weight is 158 g/mol. The van der Waals surface area contributed by atoms with Gasteiger partial charge in [0.2, 0.25) is 0 Å². The van der Waals surface area contributed by atoms with Crippen molar-refractivity contribution in [2.75, 3.05) is 0 Å². The number of rotatable bonds is 4. The van der Waals surface area contributed by atoms with Crippen LogP contribution in [0.3, 0.4) is 0 Å². The molecule has 0 bridgehead atoms. The first-order valence-corrected chi connectivity index (χ1v) is 3.55. The van der Waals surface area contributed by atoms with Crippen molar-refractivity contribution in [1.82, 2.24) is 0 Å². The van der Waals surface area contributed by atoms with Crippen LogP contribution in [0.25, 0.3) is 0 Å². The largest absolute Gasteiger partial charge is 0.300 e. The summed E-state index contributed by atoms with van der Waals surface area (Å²) in [5, 5.41) is 0. The van der Waals surface area contributed by atoms with Gasteiger partial charge in [-0.05, 0) is 13.8 Å². The van der Waals surface area contributed by atoms with E-state index >= 15 is 0 Å². The molecule has 0 amide bonds. The Balaban J connectivity index is 3.70. The molecule has 0 saturated carbocycles. The Kier molecular flexibility index (Phi) is 4.84. The zero-order valence-corrected chi connectivity index (χ0v) is 6.94. The van der Waals surface area contributed by atoms with Crippen LogP contribution in [-0.4, -0.2) is 18.2 Å². The predicted octanol–water partition coefficient (Wildman–Crippen LogP) is 1.69. The van der Waals surface area contributed by atoms with Crippen LogP contribution in [0.15, 0.2) is 8.80 Å². The second kappa shape index (κ2) is 5.17. The highest BCUT2D eigenvalue weighted by Crippen LogP contribution is 2.03. The van der Waals surface area contributed by atoms with Gasteiger partial charge in [-0.2, -0.15) is 0 Å². The lowest BCUT2D eigenvalue weighted by atomic mass is 10.2. The van der Waals surface area contributed by atoms with Crippen LogP contribution in [0, 0.1) is 0 Å². The van der Waals surface area contributed by atoms with Gasteiger partial charge < -0.3 is 0 Å². The van der Waals surface area contributed by atoms with Gasteiger partial charge in [0.25, 0.3) is 0 Å². The molecule has 4 heteroatoms. The smallest absolute Gasteiger partial charge is 0.135 e. The molecule has 0 spiro atoms. The summed E-state index contributed by atoms with van der Waals surface area (Å²) in [5.74, 6) is 0.117. The van der Waals surface area contributed by atoms with Gasteiger partial charge in [-0.1, -0.05) is 0 Å². The fourth-order valence-corrected chi connectivity index (χ4v) is 0.753. The summed E-state index contributed by atoms with van der Waals surface area (Å²) in [4.78, 5) is 10.5. The van der Waals surface area contributed by atoms with Gasteiger partial charge in [0, 0.05) is 18.9 Å². The standard InChI is InChI=1S/C6H10N2OS/c1-5(4-6(2)9)8-10-7-3/h3-4H2,1-2H3/b8-5-. The number of hydrogen-bond donors (Lipinski definition) is 0. The molecule has 0 rings (SSSR count). The maximum absolute atomic E-state index is 10.5. The number of Topliss-reactive ketones (excluding diaryl/α,β-unsaturated/α-hetero) is 1. The van der Waals surface area contributed by atoms with E-state index in [0.717, 1.165) is 17.8 Å². The fraction of sp³-hybridized carbons (Fsp3) is 0.500. The van der Waals surface area contributed by atoms with Gasteiger partial charge in [0.1, 0.15) is 17.9 Å². The minimum Gasteiger partial charge on any atom is -0.300 e. The van der Waals surface area contributed by atoms with Gasteiger partial charge in [0.15, 0.2) is 0 Å². The van der Waals surface area contributed by atoms with E-state index in [2.05, 4.69) is 15.5 Å². The monoisotopic (exact) mass is 158 g/mol. The van der Waals surface area contributed by atoms with Crippen molar-refractivity contribution in [3.8, 4) is 0 Å². The van der Waals surface area contributed by atoms with Crippen molar-refractivity contribution < 1.29 is 4.79 Å². The lowest BCUT2D eigenvalue weighted by Gasteiger charge is -1.91. The van der Waals surface area contributed by atoms with Crippen molar-refractivity contribution in [3.05, 3.63) is 0 Å². The van der Waals surface area contributed by atoms with E-state index in [0.29, 0.717) is 6.42 Å². The van der Waals surface area contributed by atoms with E-state index in [9.17, 15) is 4.79 Å². The third kappa shape index (κ3) is 5.50. The molecule has 0 unspecified atom stereocenters. The van der Waals surface area contributed by atoms with Crippen molar-refractivity contribution in [2.24, 2.45) is 8.80 Å². The van der Waals surface area contributed by atoms with E-state index in [1.807, 2.05) is 0 Å². The highest BCUT2D eigenvalue weighted by atomic mass is 32.2. The van der Waals surface area contributed by atoms with Crippen LogP contribution < -0.4 is 0 Å². The summed E-state index contributed by atoms with van der Waals surface area (Å²) >= 11 is 1.01. The van der Waals surface area contributed by atoms with Crippen molar-refractivity contribution in [1.29, 1.82) is 0 Å². The topological polar surface area (TPSA) is 41.8 Å². The summed E-state index contributed by atoms with van der Waals surface area (Å²) in [7, 11) is 0. The summed E-state index contributed by atoms with van der Waals surface area (Å²) in [6.45, 7) is 6.56. The number of nitrogens with zero attached hydrogens (tertiary/aromatic N) is 2. The molecule has 0 N–H and O–H groups in total. The normalized spacial score (nSPS) is 11.2. The zero-order chi connectivity index (χ0) is 7.98. The molecule has 0 aromatic carbocycles. The lowest BCUT2D eigenvalue weighted by Crippen LogP contribution is -1.98. The number of carbonyl (C=O) groups excluding carboxylic acids is 1. The highest BCUT2D eigenvalue weighted by Gasteiger charge is 1.95. The molecule has 0 fully saturated rings. The number of ketones is 1. The van der Waals surface area contributed by atoms with Gasteiger partial charge in [-0.25, -0.2) is 8.80 Å². The lowest BCUT2D eigenvalue weighted by molar-refractivity contribution is -0.115. The van der Waals surface area contributed by atoms with E-state index in [1.54, 1.807) is 6.92 Å². The van der Waals surface area contributed by atoms with Gasteiger partial charge in [0.05, 0.1) is 0 Å². The molecule has 3 nitrogen and oxygen atoms in total. The first-order chi connectivity index (χ1) is 4.66. The van der Waals surface area contributed by atoms with Gasteiger partial charge >= 0.3 is 0 Å². The second-order valence-electron chi connectivity index (χ2n) is 1.92. The third-order valence-corrected chi connectivity index (χ3v) is 1.27. The average Bonchev–Trinajstić information content (AvgIpc) is 1.82. The van der Waals surface area contributed by atoms with E-state index in [1.165, 1.54) is 6.92 Å². The maximum atomic E-state index is 10.5. The SMILES string of the molecule is C=NS/N=C(/C)CC(C)=O. The molecule has 0 heterocycles. The van der Waals surface area contributed by atoms with Gasteiger partial charge in [-0.3, -0.25) is 4.79 Å². The van der Waals surface area contributed by atoms with Crippen molar-refractivity contribution in [2.45, 2.75) is 20.3 Å². The van der Waals surface area contributed by atoms with Gasteiger partial charge in [-0.15, -0.1) is 0 Å². The van der Waals surface area contributed by atoms with Crippen LogP contribution >= 0.6 is 12.1 Å². The molecule has 0 aliphatic heterocycles. The Morgan fingerprint density at radius 3 is 2.60 bits per heavy atom. The van der Waals surface area contributed by atoms with Crippen LogP contribution in [-0.2, 0) is 4.79 Å². The first kappa shape index (κ1) is 9.36. The van der Waals surface area contributed by atoms with Crippen LogP contribution in [0.5, 0.6) is 0 Å². The maximum Gasteiger partial charge on any atom is 0.135 e. The van der Waals surface area contributed by atoms with E-state index in [4.69, 9.17) is 0 Å². The Bertz CT molecular complexity index is 165. The zero-order valence-electron chi connectivity index (χ0n) is 6.13. The number of hydrogen-bond acceptors (Lipinski definition) is 4. The fourth-order valence-electron chi connectivity index (χ4n) is 0.491. The molecule has 0 aliphatic rings. The summed E-state index contributed by atoms with van der Waals surface area (Å²) in [6, 6.07) is 0. The summed E-state index contributed by atoms with van der Waals surface area (Å²) in [5.41, 5.74) is 0.782. The molecule has 0 aliphatic carbocycles. The van der Waals surface area contributed by atoms with Crippen LogP contribution in [0.2, 0.25) is 0 Å². The molecule has 10 heavy (non-hydrogen) atoms. The predicted molar refractivity (Wildman–Crippen MR) is 45.5 cm³/mol. The molecule has 0 saturated heterocycles. The number of carbonyl (C=O) groups is 1. The van der Waals surface area contributed by atoms with Crippen molar-refractivity contribution >= 4 is 30.3 Å². The van der Waals surface area contributed by atoms with E-state index in [-0.39, 0.29) is 5.78 Å². The minimum atomic E-state index is 0.117. The minimum absolute atomic E-state index is 0.117. The Morgan fingerprint density at radius 1 is 1.60 bits per heavy atom. The Hall–Kier alpha value is -0.640. The van der Waals surface area contributed by atoms with Crippen LogP contribution in [0.4, 0.5) is 0 Å². The first-order valence-electron chi connectivity index (χ1n) is 2.82. The third-order valence-electron chi connectivity index (χ3n) is 0.759. The quantitative estimate of drug-likeness (QED) is 0.461. The summed E-state index contributed by atoms with van der Waals surface area (Å²) in [6.07, 6.45) is 0.405. The Labute approximate surface area is 64.9 Å². The van der Waals surface area contributed by atoms with Crippen molar-refractivity contribution in [3.63, 3.8) is 0 Å². The molecule has 0 aromatic heterocycles. The molecule has 0 atom stereocenters. The Morgan fingerprint density at radius 2 is 2.20 bits per heavy atom. The molecule has 0 radical (unpaired) electrons. The molecule has 0 aromatic rings. The van der Waals surface area contributed by atoms with Crippen LogP contribution in [0.1, 0.15) is 20.3 Å². The second-order valence-corrected chi connectivity index (χ2v) is 2.52. The molecule has 56 valence electrons. The molecular weight excluding hydrogens is 148 g/mol.